The molecule has 0 atom stereocenters. The summed E-state index contributed by atoms with van der Waals surface area (Å²) in [5, 5.41) is 2.93. The lowest BCUT2D eigenvalue weighted by molar-refractivity contribution is 0.0950. The molecular formula is C17H20N2O2. The van der Waals surface area contributed by atoms with Crippen LogP contribution in [0.1, 0.15) is 27.0 Å². The molecule has 2 rings (SSSR count). The van der Waals surface area contributed by atoms with Crippen LogP contribution in [0.25, 0.3) is 0 Å². The van der Waals surface area contributed by atoms with Gasteiger partial charge >= 0.3 is 0 Å². The van der Waals surface area contributed by atoms with E-state index in [1.165, 1.54) is 0 Å². The van der Waals surface area contributed by atoms with Crippen LogP contribution in [-0.4, -0.2) is 13.0 Å². The van der Waals surface area contributed by atoms with Gasteiger partial charge in [-0.05, 0) is 28.8 Å². The maximum absolute atomic E-state index is 12.1. The van der Waals surface area contributed by atoms with Crippen LogP contribution in [0.2, 0.25) is 0 Å². The summed E-state index contributed by atoms with van der Waals surface area (Å²) in [6.45, 7) is 1.50. The molecule has 0 heterocycles. The van der Waals surface area contributed by atoms with Gasteiger partial charge in [0.2, 0.25) is 0 Å². The third kappa shape index (κ3) is 4.15. The predicted molar refractivity (Wildman–Crippen MR) is 82.7 cm³/mol. The number of benzene rings is 2. The van der Waals surface area contributed by atoms with Crippen molar-refractivity contribution >= 4 is 5.91 Å². The van der Waals surface area contributed by atoms with Gasteiger partial charge in [0.15, 0.2) is 0 Å². The Labute approximate surface area is 124 Å². The zero-order chi connectivity index (χ0) is 15.1. The fraction of sp³-hybridized carbons (Fsp3) is 0.235. The van der Waals surface area contributed by atoms with Gasteiger partial charge in [-0.2, -0.15) is 0 Å². The molecule has 21 heavy (non-hydrogen) atoms. The first-order chi connectivity index (χ1) is 10.2. The molecule has 0 saturated carbocycles. The van der Waals surface area contributed by atoms with Gasteiger partial charge < -0.3 is 15.8 Å². The molecule has 0 unspecified atom stereocenters. The molecule has 0 bridgehead atoms. The van der Waals surface area contributed by atoms with E-state index in [0.717, 1.165) is 16.7 Å². The van der Waals surface area contributed by atoms with Crippen molar-refractivity contribution in [2.75, 3.05) is 7.11 Å². The Morgan fingerprint density at radius 2 is 1.76 bits per heavy atom. The van der Waals surface area contributed by atoms with Crippen LogP contribution < -0.4 is 11.1 Å². The fourth-order valence-corrected chi connectivity index (χ4v) is 2.10. The molecule has 0 spiro atoms. The molecule has 0 aliphatic rings. The van der Waals surface area contributed by atoms with Gasteiger partial charge in [0.25, 0.3) is 5.91 Å². The Morgan fingerprint density at radius 1 is 1.10 bits per heavy atom. The molecule has 0 fully saturated rings. The quantitative estimate of drug-likeness (QED) is 0.855. The van der Waals surface area contributed by atoms with E-state index in [4.69, 9.17) is 10.5 Å². The molecule has 2 aromatic carbocycles. The summed E-state index contributed by atoms with van der Waals surface area (Å²) >= 11 is 0. The van der Waals surface area contributed by atoms with E-state index in [-0.39, 0.29) is 5.91 Å². The first-order valence-electron chi connectivity index (χ1n) is 6.87. The molecule has 110 valence electrons. The Bertz CT molecular complexity index is 594. The number of rotatable bonds is 6. The number of carbonyl (C=O) groups excluding carboxylic acids is 1. The van der Waals surface area contributed by atoms with Crippen LogP contribution in [0.4, 0.5) is 0 Å². The molecule has 0 aromatic heterocycles. The minimum Gasteiger partial charge on any atom is -0.380 e. The number of hydrogen-bond acceptors (Lipinski definition) is 3. The number of carbonyl (C=O) groups is 1. The lowest BCUT2D eigenvalue weighted by Crippen LogP contribution is -2.23. The van der Waals surface area contributed by atoms with E-state index in [1.807, 2.05) is 36.4 Å². The topological polar surface area (TPSA) is 64.3 Å². The normalized spacial score (nSPS) is 10.4. The van der Waals surface area contributed by atoms with Crippen LogP contribution in [0.5, 0.6) is 0 Å². The monoisotopic (exact) mass is 284 g/mol. The van der Waals surface area contributed by atoms with Crippen molar-refractivity contribution in [3.63, 3.8) is 0 Å². The van der Waals surface area contributed by atoms with Crippen molar-refractivity contribution < 1.29 is 9.53 Å². The molecule has 4 nitrogen and oxygen atoms in total. The fourth-order valence-electron chi connectivity index (χ4n) is 2.10. The maximum Gasteiger partial charge on any atom is 0.251 e. The van der Waals surface area contributed by atoms with Crippen LogP contribution >= 0.6 is 0 Å². The SMILES string of the molecule is COCc1ccccc1CNC(=O)c1ccc(CN)cc1. The molecule has 0 aliphatic carbocycles. The Balaban J connectivity index is 2.00. The van der Waals surface area contributed by atoms with E-state index < -0.39 is 0 Å². The molecular weight excluding hydrogens is 264 g/mol. The van der Waals surface area contributed by atoms with Crippen LogP contribution in [0, 0.1) is 0 Å². The van der Waals surface area contributed by atoms with E-state index in [9.17, 15) is 4.79 Å². The van der Waals surface area contributed by atoms with Gasteiger partial charge in [-0.25, -0.2) is 0 Å². The second kappa shape index (κ2) is 7.57. The molecule has 3 N–H and O–H groups in total. The standard InChI is InChI=1S/C17H20N2O2/c1-21-12-16-5-3-2-4-15(16)11-19-17(20)14-8-6-13(10-18)7-9-14/h2-9H,10-12,18H2,1H3,(H,19,20). The smallest absolute Gasteiger partial charge is 0.251 e. The highest BCUT2D eigenvalue weighted by molar-refractivity contribution is 5.94. The van der Waals surface area contributed by atoms with Gasteiger partial charge in [0, 0.05) is 25.8 Å². The zero-order valence-electron chi connectivity index (χ0n) is 12.1. The number of amides is 1. The minimum atomic E-state index is -0.0919. The van der Waals surface area contributed by atoms with Gasteiger partial charge in [0.05, 0.1) is 6.61 Å². The van der Waals surface area contributed by atoms with E-state index in [0.29, 0.717) is 25.3 Å². The number of hydrogen-bond donors (Lipinski definition) is 2. The first kappa shape index (κ1) is 15.2. The highest BCUT2D eigenvalue weighted by atomic mass is 16.5. The lowest BCUT2D eigenvalue weighted by Gasteiger charge is -2.10. The predicted octanol–water partition coefficient (Wildman–Crippen LogP) is 2.22. The molecule has 0 aliphatic heterocycles. The molecule has 0 saturated heterocycles. The molecule has 2 aromatic rings. The van der Waals surface area contributed by atoms with Crippen LogP contribution in [-0.2, 0) is 24.4 Å². The lowest BCUT2D eigenvalue weighted by atomic mass is 10.1. The molecule has 1 amide bonds. The maximum atomic E-state index is 12.1. The summed E-state index contributed by atoms with van der Waals surface area (Å²) in [6.07, 6.45) is 0. The average Bonchev–Trinajstić information content (AvgIpc) is 2.54. The molecule has 4 heteroatoms. The Morgan fingerprint density at radius 3 is 2.38 bits per heavy atom. The minimum absolute atomic E-state index is 0.0919. The average molecular weight is 284 g/mol. The summed E-state index contributed by atoms with van der Waals surface area (Å²) in [4.78, 5) is 12.1. The summed E-state index contributed by atoms with van der Waals surface area (Å²) in [7, 11) is 1.66. The second-order valence-electron chi connectivity index (χ2n) is 4.79. The van der Waals surface area contributed by atoms with Gasteiger partial charge in [-0.3, -0.25) is 4.79 Å². The first-order valence-corrected chi connectivity index (χ1v) is 6.87. The number of nitrogens with two attached hydrogens (primary N) is 1. The Hall–Kier alpha value is -2.17. The van der Waals surface area contributed by atoms with E-state index in [2.05, 4.69) is 5.32 Å². The largest absolute Gasteiger partial charge is 0.380 e. The number of ether oxygens (including phenoxy) is 1. The third-order valence-electron chi connectivity index (χ3n) is 3.31. The summed E-state index contributed by atoms with van der Waals surface area (Å²) < 4.78 is 5.16. The van der Waals surface area contributed by atoms with Gasteiger partial charge in [0.1, 0.15) is 0 Å². The zero-order valence-corrected chi connectivity index (χ0v) is 12.1. The van der Waals surface area contributed by atoms with Crippen molar-refractivity contribution in [2.45, 2.75) is 19.7 Å². The second-order valence-corrected chi connectivity index (χ2v) is 4.79. The summed E-state index contributed by atoms with van der Waals surface area (Å²) in [5.74, 6) is -0.0919. The van der Waals surface area contributed by atoms with Crippen molar-refractivity contribution in [3.8, 4) is 0 Å². The highest BCUT2D eigenvalue weighted by Gasteiger charge is 2.07. The van der Waals surface area contributed by atoms with E-state index >= 15 is 0 Å². The van der Waals surface area contributed by atoms with Crippen molar-refractivity contribution in [2.24, 2.45) is 5.73 Å². The van der Waals surface area contributed by atoms with Crippen molar-refractivity contribution in [3.05, 3.63) is 70.8 Å². The van der Waals surface area contributed by atoms with Crippen LogP contribution in [0.15, 0.2) is 48.5 Å². The van der Waals surface area contributed by atoms with Crippen molar-refractivity contribution in [1.29, 1.82) is 0 Å². The summed E-state index contributed by atoms with van der Waals surface area (Å²) in [6, 6.07) is 15.2. The highest BCUT2D eigenvalue weighted by Crippen LogP contribution is 2.10. The molecule has 0 radical (unpaired) electrons. The number of methoxy groups -OCH3 is 1. The van der Waals surface area contributed by atoms with Gasteiger partial charge in [-0.1, -0.05) is 36.4 Å². The van der Waals surface area contributed by atoms with Crippen LogP contribution in [0.3, 0.4) is 0 Å². The third-order valence-corrected chi connectivity index (χ3v) is 3.31. The Kier molecular flexibility index (Phi) is 5.49. The van der Waals surface area contributed by atoms with E-state index in [1.54, 1.807) is 19.2 Å². The number of nitrogens with one attached hydrogen (secondary N) is 1. The van der Waals surface area contributed by atoms with Crippen molar-refractivity contribution in [1.82, 2.24) is 5.32 Å². The van der Waals surface area contributed by atoms with Gasteiger partial charge in [-0.15, -0.1) is 0 Å². The summed E-state index contributed by atoms with van der Waals surface area (Å²) in [5.41, 5.74) is 9.33.